The summed E-state index contributed by atoms with van der Waals surface area (Å²) in [5.41, 5.74) is 0.306. The van der Waals surface area contributed by atoms with Crippen LogP contribution in [0, 0.1) is 0 Å². The van der Waals surface area contributed by atoms with Crippen molar-refractivity contribution in [2.75, 3.05) is 0 Å². The molecule has 0 radical (unpaired) electrons. The minimum absolute atomic E-state index is 0.0660. The quantitative estimate of drug-likeness (QED) is 0.797. The van der Waals surface area contributed by atoms with Crippen LogP contribution in [0.15, 0.2) is 16.8 Å². The van der Waals surface area contributed by atoms with Gasteiger partial charge in [0.25, 0.3) is 5.91 Å². The van der Waals surface area contributed by atoms with E-state index >= 15 is 0 Å². The molecule has 0 spiro atoms. The molecule has 4 heteroatoms. The van der Waals surface area contributed by atoms with E-state index in [0.717, 1.165) is 0 Å². The standard InChI is InChI=1S/C10H14ClNOS/c1-7(11)10(2,3)12-9(13)8-4-5-14-6-8/h4-7H,1-3H3,(H,12,13). The van der Waals surface area contributed by atoms with E-state index in [2.05, 4.69) is 5.32 Å². The Kier molecular flexibility index (Phi) is 3.56. The minimum atomic E-state index is -0.388. The van der Waals surface area contributed by atoms with Crippen LogP contribution in [0.5, 0.6) is 0 Å². The number of hydrogen-bond acceptors (Lipinski definition) is 2. The van der Waals surface area contributed by atoms with Crippen molar-refractivity contribution < 1.29 is 4.79 Å². The highest BCUT2D eigenvalue weighted by atomic mass is 35.5. The summed E-state index contributed by atoms with van der Waals surface area (Å²) in [6.45, 7) is 5.69. The van der Waals surface area contributed by atoms with Crippen LogP contribution in [-0.2, 0) is 0 Å². The van der Waals surface area contributed by atoms with Gasteiger partial charge in [0.05, 0.1) is 16.5 Å². The molecular formula is C10H14ClNOS. The monoisotopic (exact) mass is 231 g/mol. The third kappa shape index (κ3) is 2.72. The van der Waals surface area contributed by atoms with E-state index in [0.29, 0.717) is 5.56 Å². The van der Waals surface area contributed by atoms with E-state index in [1.807, 2.05) is 31.5 Å². The zero-order valence-corrected chi connectivity index (χ0v) is 10.1. The van der Waals surface area contributed by atoms with Gasteiger partial charge in [-0.15, -0.1) is 11.6 Å². The molecule has 0 aliphatic carbocycles. The number of alkyl halides is 1. The van der Waals surface area contributed by atoms with Crippen LogP contribution in [0.4, 0.5) is 0 Å². The summed E-state index contributed by atoms with van der Waals surface area (Å²) in [6, 6.07) is 1.80. The second-order valence-electron chi connectivity index (χ2n) is 3.80. The Bertz CT molecular complexity index is 306. The topological polar surface area (TPSA) is 29.1 Å². The molecule has 1 heterocycles. The molecule has 1 N–H and O–H groups in total. The first-order valence-corrected chi connectivity index (χ1v) is 5.80. The molecule has 78 valence electrons. The van der Waals surface area contributed by atoms with Gasteiger partial charge in [-0.05, 0) is 32.2 Å². The molecule has 0 aliphatic rings. The summed E-state index contributed by atoms with van der Waals surface area (Å²) in [6.07, 6.45) is 0. The highest BCUT2D eigenvalue weighted by Gasteiger charge is 2.26. The fourth-order valence-corrected chi connectivity index (χ4v) is 1.55. The molecular weight excluding hydrogens is 218 g/mol. The number of hydrogen-bond donors (Lipinski definition) is 1. The SMILES string of the molecule is CC(Cl)C(C)(C)NC(=O)c1ccsc1. The smallest absolute Gasteiger partial charge is 0.252 e. The van der Waals surface area contributed by atoms with Gasteiger partial charge in [-0.3, -0.25) is 4.79 Å². The molecule has 1 atom stereocenters. The maximum Gasteiger partial charge on any atom is 0.252 e. The number of nitrogens with one attached hydrogen (secondary N) is 1. The van der Waals surface area contributed by atoms with Crippen LogP contribution in [0.2, 0.25) is 0 Å². The predicted molar refractivity (Wildman–Crippen MR) is 61.2 cm³/mol. The predicted octanol–water partition coefficient (Wildman–Crippen LogP) is 2.88. The Labute approximate surface area is 93.3 Å². The van der Waals surface area contributed by atoms with Crippen molar-refractivity contribution in [2.24, 2.45) is 0 Å². The summed E-state index contributed by atoms with van der Waals surface area (Å²) in [5, 5.41) is 6.49. The molecule has 0 bridgehead atoms. The van der Waals surface area contributed by atoms with E-state index in [1.165, 1.54) is 11.3 Å². The molecule has 0 fully saturated rings. The number of carbonyl (C=O) groups excluding carboxylic acids is 1. The van der Waals surface area contributed by atoms with Crippen molar-refractivity contribution in [1.82, 2.24) is 5.32 Å². The van der Waals surface area contributed by atoms with E-state index < -0.39 is 0 Å². The Morgan fingerprint density at radius 2 is 2.29 bits per heavy atom. The maximum absolute atomic E-state index is 11.7. The highest BCUT2D eigenvalue weighted by molar-refractivity contribution is 7.08. The van der Waals surface area contributed by atoms with Crippen LogP contribution in [0.3, 0.4) is 0 Å². The van der Waals surface area contributed by atoms with Crippen LogP contribution in [-0.4, -0.2) is 16.8 Å². The lowest BCUT2D eigenvalue weighted by molar-refractivity contribution is 0.0913. The van der Waals surface area contributed by atoms with Gasteiger partial charge in [-0.1, -0.05) is 0 Å². The number of carbonyl (C=O) groups is 1. The lowest BCUT2D eigenvalue weighted by atomic mass is 10.0. The van der Waals surface area contributed by atoms with Gasteiger partial charge in [-0.2, -0.15) is 11.3 Å². The first kappa shape index (κ1) is 11.5. The third-order valence-electron chi connectivity index (χ3n) is 2.21. The lowest BCUT2D eigenvalue weighted by Crippen LogP contribution is -2.48. The van der Waals surface area contributed by atoms with Crippen molar-refractivity contribution in [2.45, 2.75) is 31.7 Å². The molecule has 1 unspecified atom stereocenters. The average Bonchev–Trinajstić information content (AvgIpc) is 2.54. The van der Waals surface area contributed by atoms with E-state index in [-0.39, 0.29) is 16.8 Å². The number of halogens is 1. The molecule has 0 saturated heterocycles. The summed E-state index contributed by atoms with van der Waals surface area (Å²) < 4.78 is 0. The number of thiophene rings is 1. The third-order valence-corrected chi connectivity index (χ3v) is 3.44. The largest absolute Gasteiger partial charge is 0.346 e. The molecule has 1 aromatic rings. The molecule has 1 aromatic heterocycles. The molecule has 1 rings (SSSR count). The maximum atomic E-state index is 11.7. The van der Waals surface area contributed by atoms with Crippen molar-refractivity contribution in [3.05, 3.63) is 22.4 Å². The van der Waals surface area contributed by atoms with Gasteiger partial charge in [0.1, 0.15) is 0 Å². The fraction of sp³-hybridized carbons (Fsp3) is 0.500. The zero-order chi connectivity index (χ0) is 10.8. The van der Waals surface area contributed by atoms with Gasteiger partial charge in [0, 0.05) is 5.38 Å². The second kappa shape index (κ2) is 4.32. The first-order valence-electron chi connectivity index (χ1n) is 4.42. The summed E-state index contributed by atoms with van der Waals surface area (Å²) >= 11 is 7.47. The van der Waals surface area contributed by atoms with Crippen molar-refractivity contribution in [3.8, 4) is 0 Å². The van der Waals surface area contributed by atoms with Crippen molar-refractivity contribution in [3.63, 3.8) is 0 Å². The zero-order valence-electron chi connectivity index (χ0n) is 8.50. The normalized spacial score (nSPS) is 13.7. The van der Waals surface area contributed by atoms with Crippen molar-refractivity contribution in [1.29, 1.82) is 0 Å². The second-order valence-corrected chi connectivity index (χ2v) is 5.24. The molecule has 0 aliphatic heterocycles. The molecule has 14 heavy (non-hydrogen) atoms. The van der Waals surface area contributed by atoms with Crippen LogP contribution < -0.4 is 5.32 Å². The van der Waals surface area contributed by atoms with E-state index in [9.17, 15) is 4.79 Å². The molecule has 0 aromatic carbocycles. The van der Waals surface area contributed by atoms with Crippen LogP contribution in [0.1, 0.15) is 31.1 Å². The Morgan fingerprint density at radius 1 is 1.64 bits per heavy atom. The number of rotatable bonds is 3. The highest BCUT2D eigenvalue weighted by Crippen LogP contribution is 2.16. The van der Waals surface area contributed by atoms with E-state index in [1.54, 1.807) is 6.07 Å². The minimum Gasteiger partial charge on any atom is -0.346 e. The van der Waals surface area contributed by atoms with Gasteiger partial charge in [0.15, 0.2) is 0 Å². The average molecular weight is 232 g/mol. The van der Waals surface area contributed by atoms with Crippen molar-refractivity contribution >= 4 is 28.8 Å². The first-order chi connectivity index (χ1) is 6.43. The van der Waals surface area contributed by atoms with Gasteiger partial charge >= 0.3 is 0 Å². The Hall–Kier alpha value is -0.540. The Morgan fingerprint density at radius 3 is 2.71 bits per heavy atom. The van der Waals surface area contributed by atoms with Gasteiger partial charge < -0.3 is 5.32 Å². The summed E-state index contributed by atoms with van der Waals surface area (Å²) in [4.78, 5) is 11.7. The number of amides is 1. The molecule has 0 saturated carbocycles. The van der Waals surface area contributed by atoms with Gasteiger partial charge in [-0.25, -0.2) is 0 Å². The Balaban J connectivity index is 2.66. The summed E-state index contributed by atoms with van der Waals surface area (Å²) in [5.74, 6) is -0.0660. The summed E-state index contributed by atoms with van der Waals surface area (Å²) in [7, 11) is 0. The van der Waals surface area contributed by atoms with Gasteiger partial charge in [0.2, 0.25) is 0 Å². The molecule has 1 amide bonds. The van der Waals surface area contributed by atoms with Crippen LogP contribution in [0.25, 0.3) is 0 Å². The molecule has 2 nitrogen and oxygen atoms in total. The fourth-order valence-electron chi connectivity index (χ4n) is 0.858. The lowest BCUT2D eigenvalue weighted by Gasteiger charge is -2.28. The van der Waals surface area contributed by atoms with Crippen LogP contribution >= 0.6 is 22.9 Å². The van der Waals surface area contributed by atoms with E-state index in [4.69, 9.17) is 11.6 Å².